The average molecular weight is 160 g/mol. The Bertz CT molecular complexity index is 115. The first kappa shape index (κ1) is 10.4. The maximum absolute atomic E-state index is 10.2. The SMILES string of the molecule is CC(O)CCCNCC(N)=O. The molecule has 0 radical (unpaired) electrons. The van der Waals surface area contributed by atoms with E-state index in [0.29, 0.717) is 0 Å². The van der Waals surface area contributed by atoms with Crippen LogP contribution in [0.15, 0.2) is 0 Å². The summed E-state index contributed by atoms with van der Waals surface area (Å²) in [6.07, 6.45) is 1.36. The monoisotopic (exact) mass is 160 g/mol. The van der Waals surface area contributed by atoms with Gasteiger partial charge in [0.2, 0.25) is 5.91 Å². The van der Waals surface area contributed by atoms with Crippen molar-refractivity contribution in [1.29, 1.82) is 0 Å². The highest BCUT2D eigenvalue weighted by atomic mass is 16.3. The zero-order valence-corrected chi connectivity index (χ0v) is 6.84. The highest BCUT2D eigenvalue weighted by Crippen LogP contribution is 1.92. The largest absolute Gasteiger partial charge is 0.393 e. The maximum atomic E-state index is 10.2. The molecule has 0 aliphatic rings. The molecule has 0 aromatic carbocycles. The van der Waals surface area contributed by atoms with Crippen molar-refractivity contribution in [2.75, 3.05) is 13.1 Å². The average Bonchev–Trinajstić information content (AvgIpc) is 1.85. The van der Waals surface area contributed by atoms with Gasteiger partial charge >= 0.3 is 0 Å². The standard InChI is InChI=1S/C7H16N2O2/c1-6(10)3-2-4-9-5-7(8)11/h6,9-10H,2-5H2,1H3,(H2,8,11). The molecular weight excluding hydrogens is 144 g/mol. The first-order valence-electron chi connectivity index (χ1n) is 3.80. The molecule has 0 saturated heterocycles. The second-order valence-electron chi connectivity index (χ2n) is 2.63. The van der Waals surface area contributed by atoms with Gasteiger partial charge in [-0.05, 0) is 26.3 Å². The summed E-state index contributed by atoms with van der Waals surface area (Å²) in [5.74, 6) is -0.345. The number of carbonyl (C=O) groups excluding carboxylic acids is 1. The molecule has 1 atom stereocenters. The van der Waals surface area contributed by atoms with Crippen LogP contribution in [0.1, 0.15) is 19.8 Å². The van der Waals surface area contributed by atoms with Gasteiger partial charge in [0.15, 0.2) is 0 Å². The van der Waals surface area contributed by atoms with Crippen LogP contribution in [-0.2, 0) is 4.79 Å². The third-order valence-corrected chi connectivity index (χ3v) is 1.27. The number of aliphatic hydroxyl groups is 1. The van der Waals surface area contributed by atoms with Crippen molar-refractivity contribution >= 4 is 5.91 Å². The van der Waals surface area contributed by atoms with E-state index in [1.165, 1.54) is 0 Å². The highest BCUT2D eigenvalue weighted by Gasteiger charge is 1.95. The van der Waals surface area contributed by atoms with Crippen molar-refractivity contribution in [2.45, 2.75) is 25.9 Å². The van der Waals surface area contributed by atoms with Gasteiger partial charge < -0.3 is 16.2 Å². The molecule has 1 unspecified atom stereocenters. The Morgan fingerprint density at radius 2 is 2.36 bits per heavy atom. The summed E-state index contributed by atoms with van der Waals surface area (Å²) in [6.45, 7) is 2.70. The van der Waals surface area contributed by atoms with Crippen molar-refractivity contribution in [3.8, 4) is 0 Å². The van der Waals surface area contributed by atoms with E-state index in [2.05, 4.69) is 5.32 Å². The van der Waals surface area contributed by atoms with Crippen LogP contribution in [0, 0.1) is 0 Å². The van der Waals surface area contributed by atoms with Gasteiger partial charge in [-0.2, -0.15) is 0 Å². The predicted octanol–water partition coefficient (Wildman–Crippen LogP) is -0.778. The van der Waals surface area contributed by atoms with Gasteiger partial charge in [0.1, 0.15) is 0 Å². The molecule has 0 heterocycles. The van der Waals surface area contributed by atoms with Gasteiger partial charge in [-0.3, -0.25) is 4.79 Å². The van der Waals surface area contributed by atoms with Crippen molar-refractivity contribution in [3.05, 3.63) is 0 Å². The topological polar surface area (TPSA) is 75.3 Å². The van der Waals surface area contributed by atoms with Gasteiger partial charge in [0.25, 0.3) is 0 Å². The van der Waals surface area contributed by atoms with E-state index in [1.54, 1.807) is 6.92 Å². The summed E-state index contributed by atoms with van der Waals surface area (Å²) in [5, 5.41) is 11.7. The van der Waals surface area contributed by atoms with Gasteiger partial charge in [-0.25, -0.2) is 0 Å². The highest BCUT2D eigenvalue weighted by molar-refractivity contribution is 5.75. The molecule has 11 heavy (non-hydrogen) atoms. The smallest absolute Gasteiger partial charge is 0.231 e. The summed E-state index contributed by atoms with van der Waals surface area (Å²) >= 11 is 0. The van der Waals surface area contributed by atoms with Crippen LogP contribution in [0.5, 0.6) is 0 Å². The van der Waals surface area contributed by atoms with E-state index in [-0.39, 0.29) is 18.6 Å². The van der Waals surface area contributed by atoms with Crippen LogP contribution in [0.25, 0.3) is 0 Å². The Kier molecular flexibility index (Phi) is 5.78. The van der Waals surface area contributed by atoms with Crippen LogP contribution in [0.4, 0.5) is 0 Å². The molecule has 0 bridgehead atoms. The molecule has 4 nitrogen and oxygen atoms in total. The Balaban J connectivity index is 2.97. The lowest BCUT2D eigenvalue weighted by atomic mass is 10.2. The van der Waals surface area contributed by atoms with E-state index >= 15 is 0 Å². The fourth-order valence-corrected chi connectivity index (χ4v) is 0.734. The second-order valence-corrected chi connectivity index (χ2v) is 2.63. The molecule has 0 spiro atoms. The number of hydrogen-bond donors (Lipinski definition) is 3. The Hall–Kier alpha value is -0.610. The summed E-state index contributed by atoms with van der Waals surface area (Å²) in [6, 6.07) is 0. The van der Waals surface area contributed by atoms with Gasteiger partial charge in [0.05, 0.1) is 12.6 Å². The fraction of sp³-hybridized carbons (Fsp3) is 0.857. The number of rotatable bonds is 6. The minimum atomic E-state index is -0.345. The molecular formula is C7H16N2O2. The Morgan fingerprint density at radius 1 is 1.73 bits per heavy atom. The van der Waals surface area contributed by atoms with Gasteiger partial charge in [-0.15, -0.1) is 0 Å². The van der Waals surface area contributed by atoms with Crippen molar-refractivity contribution in [3.63, 3.8) is 0 Å². The fourth-order valence-electron chi connectivity index (χ4n) is 0.734. The minimum absolute atomic E-state index is 0.222. The number of nitrogens with two attached hydrogens (primary N) is 1. The Morgan fingerprint density at radius 3 is 2.82 bits per heavy atom. The molecule has 0 aromatic heterocycles. The number of nitrogens with one attached hydrogen (secondary N) is 1. The Labute approximate surface area is 66.8 Å². The van der Waals surface area contributed by atoms with Crippen LogP contribution < -0.4 is 11.1 Å². The van der Waals surface area contributed by atoms with E-state index in [1.807, 2.05) is 0 Å². The molecule has 1 amide bonds. The normalized spacial score (nSPS) is 12.9. The number of carbonyl (C=O) groups is 1. The molecule has 66 valence electrons. The lowest BCUT2D eigenvalue weighted by Crippen LogP contribution is -2.29. The van der Waals surface area contributed by atoms with Gasteiger partial charge in [0, 0.05) is 0 Å². The van der Waals surface area contributed by atoms with Crippen molar-refractivity contribution < 1.29 is 9.90 Å². The minimum Gasteiger partial charge on any atom is -0.393 e. The third kappa shape index (κ3) is 9.39. The number of primary amides is 1. The molecule has 0 saturated carbocycles. The van der Waals surface area contributed by atoms with E-state index < -0.39 is 0 Å². The van der Waals surface area contributed by atoms with E-state index in [9.17, 15) is 4.79 Å². The van der Waals surface area contributed by atoms with Crippen LogP contribution in [-0.4, -0.2) is 30.2 Å². The van der Waals surface area contributed by atoms with Crippen molar-refractivity contribution in [1.82, 2.24) is 5.32 Å². The lowest BCUT2D eigenvalue weighted by Gasteiger charge is -2.03. The quantitative estimate of drug-likeness (QED) is 0.446. The van der Waals surface area contributed by atoms with Crippen molar-refractivity contribution in [2.24, 2.45) is 5.73 Å². The molecule has 0 fully saturated rings. The van der Waals surface area contributed by atoms with E-state index in [4.69, 9.17) is 10.8 Å². The molecule has 0 aromatic rings. The maximum Gasteiger partial charge on any atom is 0.231 e. The molecule has 0 rings (SSSR count). The summed E-state index contributed by atoms with van der Waals surface area (Å²) in [5.41, 5.74) is 4.88. The summed E-state index contributed by atoms with van der Waals surface area (Å²) in [7, 11) is 0. The van der Waals surface area contributed by atoms with Crippen LogP contribution in [0.3, 0.4) is 0 Å². The second kappa shape index (κ2) is 6.12. The molecule has 4 heteroatoms. The zero-order chi connectivity index (χ0) is 8.69. The first-order chi connectivity index (χ1) is 5.13. The summed E-state index contributed by atoms with van der Waals surface area (Å²) < 4.78 is 0. The molecule has 0 aliphatic carbocycles. The predicted molar refractivity (Wildman–Crippen MR) is 43.0 cm³/mol. The third-order valence-electron chi connectivity index (χ3n) is 1.27. The first-order valence-corrected chi connectivity index (χ1v) is 3.80. The number of amides is 1. The van der Waals surface area contributed by atoms with Crippen LogP contribution >= 0.6 is 0 Å². The summed E-state index contributed by atoms with van der Waals surface area (Å²) in [4.78, 5) is 10.2. The zero-order valence-electron chi connectivity index (χ0n) is 6.84. The van der Waals surface area contributed by atoms with Crippen LogP contribution in [0.2, 0.25) is 0 Å². The molecule has 0 aliphatic heterocycles. The lowest BCUT2D eigenvalue weighted by molar-refractivity contribution is -0.117. The molecule has 4 N–H and O–H groups in total. The van der Waals surface area contributed by atoms with Gasteiger partial charge in [-0.1, -0.05) is 0 Å². The van der Waals surface area contributed by atoms with E-state index in [0.717, 1.165) is 19.4 Å². The number of hydrogen-bond acceptors (Lipinski definition) is 3. The number of aliphatic hydroxyl groups excluding tert-OH is 1.